The van der Waals surface area contributed by atoms with Crippen molar-refractivity contribution < 1.29 is 14.0 Å². The molecule has 7 heteroatoms. The van der Waals surface area contributed by atoms with Crippen LogP contribution in [0.2, 0.25) is 0 Å². The Morgan fingerprint density at radius 1 is 1.21 bits per heavy atom. The van der Waals surface area contributed by atoms with Crippen LogP contribution >= 0.6 is 0 Å². The van der Waals surface area contributed by atoms with E-state index in [0.29, 0.717) is 37.0 Å². The van der Waals surface area contributed by atoms with Gasteiger partial charge >= 0.3 is 6.03 Å². The Morgan fingerprint density at radius 2 is 2.00 bits per heavy atom. The van der Waals surface area contributed by atoms with Crippen molar-refractivity contribution in [2.45, 2.75) is 26.3 Å². The van der Waals surface area contributed by atoms with Gasteiger partial charge in [0.05, 0.1) is 6.26 Å². The average Bonchev–Trinajstić information content (AvgIpc) is 3.30. The number of rotatable bonds is 8. The maximum absolute atomic E-state index is 12.9. The summed E-state index contributed by atoms with van der Waals surface area (Å²) in [4.78, 5) is 28.7. The molecule has 1 aromatic heterocycles. The van der Waals surface area contributed by atoms with E-state index in [0.717, 1.165) is 24.1 Å². The smallest absolute Gasteiger partial charge is 0.319 e. The number of nitrogens with zero attached hydrogens (tertiary/aromatic N) is 2. The van der Waals surface area contributed by atoms with E-state index in [-0.39, 0.29) is 11.9 Å². The average molecular weight is 384 g/mol. The monoisotopic (exact) mass is 384 g/mol. The lowest BCUT2D eigenvalue weighted by atomic mass is 10.1. The van der Waals surface area contributed by atoms with Crippen molar-refractivity contribution in [1.29, 1.82) is 0 Å². The van der Waals surface area contributed by atoms with E-state index in [2.05, 4.69) is 10.6 Å². The second-order valence-corrected chi connectivity index (χ2v) is 7.33. The summed E-state index contributed by atoms with van der Waals surface area (Å²) in [7, 11) is 3.94. The predicted molar refractivity (Wildman–Crippen MR) is 110 cm³/mol. The molecule has 28 heavy (non-hydrogen) atoms. The summed E-state index contributed by atoms with van der Waals surface area (Å²) in [5.41, 5.74) is 2.68. The number of carbonyl (C=O) groups excluding carboxylic acids is 2. The maximum atomic E-state index is 12.9. The SMILES string of the molecule is CCNC(=O)Nc1ccc(N(C)C)c(CN(CC2CC2)C(=O)c2ccco2)c1. The summed E-state index contributed by atoms with van der Waals surface area (Å²) in [6.07, 6.45) is 3.83. The van der Waals surface area contributed by atoms with E-state index in [4.69, 9.17) is 4.42 Å². The summed E-state index contributed by atoms with van der Waals surface area (Å²) in [5, 5.41) is 5.57. The van der Waals surface area contributed by atoms with E-state index < -0.39 is 0 Å². The molecule has 2 N–H and O–H groups in total. The van der Waals surface area contributed by atoms with Gasteiger partial charge in [0.1, 0.15) is 0 Å². The Bertz CT molecular complexity index is 813. The van der Waals surface area contributed by atoms with Gasteiger partial charge in [-0.25, -0.2) is 4.79 Å². The van der Waals surface area contributed by atoms with Crippen LogP contribution in [0, 0.1) is 5.92 Å². The fourth-order valence-corrected chi connectivity index (χ4v) is 3.16. The molecule has 0 aliphatic heterocycles. The second kappa shape index (κ2) is 8.82. The van der Waals surface area contributed by atoms with Crippen LogP contribution in [-0.2, 0) is 6.54 Å². The normalized spacial score (nSPS) is 13.1. The van der Waals surface area contributed by atoms with Crippen molar-refractivity contribution in [3.05, 3.63) is 47.9 Å². The molecule has 0 spiro atoms. The standard InChI is InChI=1S/C21H28N4O3/c1-4-22-21(27)23-17-9-10-18(24(2)3)16(12-17)14-25(13-15-7-8-15)20(26)19-6-5-11-28-19/h5-6,9-12,15H,4,7-8,13-14H2,1-3H3,(H2,22,23,27). The highest BCUT2D eigenvalue weighted by Crippen LogP contribution is 2.32. The number of furan rings is 1. The Balaban J connectivity index is 1.85. The molecule has 1 aromatic carbocycles. The van der Waals surface area contributed by atoms with Crippen molar-refractivity contribution in [2.24, 2.45) is 5.92 Å². The second-order valence-electron chi connectivity index (χ2n) is 7.33. The molecule has 1 heterocycles. The van der Waals surface area contributed by atoms with Gasteiger partial charge in [0, 0.05) is 45.1 Å². The molecule has 1 saturated carbocycles. The third-order valence-corrected chi connectivity index (χ3v) is 4.71. The van der Waals surface area contributed by atoms with E-state index in [9.17, 15) is 9.59 Å². The van der Waals surface area contributed by atoms with E-state index in [1.165, 1.54) is 6.26 Å². The Hall–Kier alpha value is -2.96. The number of urea groups is 1. The molecule has 0 radical (unpaired) electrons. The van der Waals surface area contributed by atoms with Gasteiger partial charge in [-0.2, -0.15) is 0 Å². The number of nitrogens with one attached hydrogen (secondary N) is 2. The molecule has 2 aromatic rings. The first kappa shape index (κ1) is 19.8. The zero-order valence-corrected chi connectivity index (χ0v) is 16.7. The minimum Gasteiger partial charge on any atom is -0.459 e. The van der Waals surface area contributed by atoms with Gasteiger partial charge in [0.2, 0.25) is 0 Å². The van der Waals surface area contributed by atoms with E-state index in [1.807, 2.05) is 49.0 Å². The van der Waals surface area contributed by atoms with Crippen LogP contribution in [0.25, 0.3) is 0 Å². The highest BCUT2D eigenvalue weighted by atomic mass is 16.3. The van der Waals surface area contributed by atoms with Gasteiger partial charge in [-0.3, -0.25) is 4.79 Å². The molecular weight excluding hydrogens is 356 g/mol. The lowest BCUT2D eigenvalue weighted by Crippen LogP contribution is -2.33. The molecule has 0 saturated heterocycles. The molecule has 0 atom stereocenters. The lowest BCUT2D eigenvalue weighted by molar-refractivity contribution is 0.0703. The Kier molecular flexibility index (Phi) is 6.23. The molecule has 0 bridgehead atoms. The third-order valence-electron chi connectivity index (χ3n) is 4.71. The van der Waals surface area contributed by atoms with Gasteiger partial charge in [-0.05, 0) is 61.6 Å². The molecule has 3 rings (SSSR count). The summed E-state index contributed by atoms with van der Waals surface area (Å²) in [5.74, 6) is 0.797. The molecule has 1 aliphatic carbocycles. The highest BCUT2D eigenvalue weighted by molar-refractivity contribution is 5.92. The van der Waals surface area contributed by atoms with Crippen LogP contribution < -0.4 is 15.5 Å². The third kappa shape index (κ3) is 5.06. The Labute approximate surface area is 165 Å². The summed E-state index contributed by atoms with van der Waals surface area (Å²) >= 11 is 0. The lowest BCUT2D eigenvalue weighted by Gasteiger charge is -2.26. The molecule has 3 amide bonds. The van der Waals surface area contributed by atoms with Crippen LogP contribution in [0.15, 0.2) is 41.0 Å². The van der Waals surface area contributed by atoms with Crippen LogP contribution in [-0.4, -0.2) is 44.0 Å². The van der Waals surface area contributed by atoms with Crippen LogP contribution in [0.1, 0.15) is 35.9 Å². The minimum absolute atomic E-state index is 0.108. The number of carbonyl (C=O) groups is 2. The largest absolute Gasteiger partial charge is 0.459 e. The first-order valence-electron chi connectivity index (χ1n) is 9.65. The minimum atomic E-state index is -0.243. The predicted octanol–water partition coefficient (Wildman–Crippen LogP) is 3.54. The van der Waals surface area contributed by atoms with Crippen molar-refractivity contribution in [2.75, 3.05) is 37.4 Å². The summed E-state index contributed by atoms with van der Waals surface area (Å²) < 4.78 is 5.33. The fraction of sp³-hybridized carbons (Fsp3) is 0.429. The van der Waals surface area contributed by atoms with Crippen LogP contribution in [0.3, 0.4) is 0 Å². The van der Waals surface area contributed by atoms with E-state index >= 15 is 0 Å². The topological polar surface area (TPSA) is 77.8 Å². The number of anilines is 2. The van der Waals surface area contributed by atoms with Crippen molar-refractivity contribution in [3.8, 4) is 0 Å². The quantitative estimate of drug-likeness (QED) is 0.730. The fourth-order valence-electron chi connectivity index (χ4n) is 3.16. The molecule has 7 nitrogen and oxygen atoms in total. The molecule has 1 fully saturated rings. The van der Waals surface area contributed by atoms with Gasteiger partial charge in [-0.15, -0.1) is 0 Å². The maximum Gasteiger partial charge on any atom is 0.319 e. The van der Waals surface area contributed by atoms with Crippen molar-refractivity contribution in [3.63, 3.8) is 0 Å². The van der Waals surface area contributed by atoms with Gasteiger partial charge in [0.25, 0.3) is 5.91 Å². The van der Waals surface area contributed by atoms with Crippen LogP contribution in [0.5, 0.6) is 0 Å². The molecule has 1 aliphatic rings. The number of amides is 3. The molecule has 0 unspecified atom stereocenters. The van der Waals surface area contributed by atoms with Crippen LogP contribution in [0.4, 0.5) is 16.2 Å². The van der Waals surface area contributed by atoms with Gasteiger partial charge in [0.15, 0.2) is 5.76 Å². The molecular formula is C21H28N4O3. The van der Waals surface area contributed by atoms with Gasteiger partial charge < -0.3 is 24.9 Å². The first-order chi connectivity index (χ1) is 13.5. The first-order valence-corrected chi connectivity index (χ1v) is 9.65. The van der Waals surface area contributed by atoms with E-state index in [1.54, 1.807) is 12.1 Å². The number of benzene rings is 1. The van der Waals surface area contributed by atoms with Crippen molar-refractivity contribution >= 4 is 23.3 Å². The zero-order valence-electron chi connectivity index (χ0n) is 16.7. The molecule has 150 valence electrons. The van der Waals surface area contributed by atoms with Crippen molar-refractivity contribution in [1.82, 2.24) is 10.2 Å². The Morgan fingerprint density at radius 3 is 2.61 bits per heavy atom. The summed E-state index contributed by atoms with van der Waals surface area (Å²) in [6.45, 7) is 3.59. The highest BCUT2D eigenvalue weighted by Gasteiger charge is 2.29. The number of hydrogen-bond acceptors (Lipinski definition) is 4. The summed E-state index contributed by atoms with van der Waals surface area (Å²) in [6, 6.07) is 8.94. The number of hydrogen-bond donors (Lipinski definition) is 2. The van der Waals surface area contributed by atoms with Gasteiger partial charge in [-0.1, -0.05) is 0 Å². The zero-order chi connectivity index (χ0) is 20.1.